The molecule has 0 atom stereocenters. The van der Waals surface area contributed by atoms with Crippen molar-refractivity contribution in [2.75, 3.05) is 31.6 Å². The molecule has 8 heteroatoms. The number of aromatic nitrogens is 2. The highest BCUT2D eigenvalue weighted by atomic mass is 127. The Kier molecular flexibility index (Phi) is 7.18. The summed E-state index contributed by atoms with van der Waals surface area (Å²) in [6.45, 7) is 3.02. The zero-order valence-corrected chi connectivity index (χ0v) is 19.3. The van der Waals surface area contributed by atoms with Gasteiger partial charge in [0.2, 0.25) is 0 Å². The Balaban J connectivity index is 1.13. The number of hydrogen-bond donors (Lipinski definition) is 2. The summed E-state index contributed by atoms with van der Waals surface area (Å²) >= 11 is 2.25. The summed E-state index contributed by atoms with van der Waals surface area (Å²) in [6.07, 6.45) is 3.78. The monoisotopic (exact) mass is 532 g/mol. The van der Waals surface area contributed by atoms with Crippen molar-refractivity contribution in [1.82, 2.24) is 15.1 Å². The first-order valence-corrected chi connectivity index (χ1v) is 11.6. The lowest BCUT2D eigenvalue weighted by molar-refractivity contribution is 0.0830. The van der Waals surface area contributed by atoms with E-state index in [-0.39, 0.29) is 11.7 Å². The third-order valence-corrected chi connectivity index (χ3v) is 6.34. The van der Waals surface area contributed by atoms with Crippen LogP contribution >= 0.6 is 22.6 Å². The average molecular weight is 532 g/mol. The maximum Gasteiger partial charge on any atom is 0.411 e. The van der Waals surface area contributed by atoms with Gasteiger partial charge in [0.25, 0.3) is 0 Å². The van der Waals surface area contributed by atoms with Gasteiger partial charge in [0.15, 0.2) is 5.78 Å². The minimum absolute atomic E-state index is 0.103. The molecule has 0 saturated carbocycles. The first kappa shape index (κ1) is 21.8. The van der Waals surface area contributed by atoms with Gasteiger partial charge in [-0.1, -0.05) is 12.1 Å². The lowest BCUT2D eigenvalue weighted by Crippen LogP contribution is -2.37. The van der Waals surface area contributed by atoms with Crippen LogP contribution in [0.3, 0.4) is 0 Å². The molecule has 31 heavy (non-hydrogen) atoms. The van der Waals surface area contributed by atoms with Gasteiger partial charge < -0.3 is 9.64 Å². The van der Waals surface area contributed by atoms with Crippen LogP contribution in [0.5, 0.6) is 0 Å². The van der Waals surface area contributed by atoms with Crippen LogP contribution in [0.25, 0.3) is 10.9 Å². The normalized spacial score (nSPS) is 15.1. The molecule has 0 radical (unpaired) electrons. The van der Waals surface area contributed by atoms with E-state index >= 15 is 0 Å². The molecule has 0 unspecified atom stereocenters. The molecule has 1 aliphatic heterocycles. The van der Waals surface area contributed by atoms with E-state index in [2.05, 4.69) is 43.0 Å². The van der Waals surface area contributed by atoms with Crippen molar-refractivity contribution < 1.29 is 14.3 Å². The molecule has 7 nitrogen and oxygen atoms in total. The molecular weight excluding hydrogens is 507 g/mol. The molecule has 4 rings (SSSR count). The highest BCUT2D eigenvalue weighted by molar-refractivity contribution is 14.1. The zero-order valence-electron chi connectivity index (χ0n) is 17.1. The molecular formula is C23H25IN4O3. The Morgan fingerprint density at radius 1 is 1.16 bits per heavy atom. The number of nitrogens with one attached hydrogen (secondary N) is 2. The molecule has 2 N–H and O–H groups in total. The maximum atomic E-state index is 12.7. The van der Waals surface area contributed by atoms with Crippen molar-refractivity contribution in [3.05, 3.63) is 57.8 Å². The van der Waals surface area contributed by atoms with Gasteiger partial charge >= 0.3 is 6.09 Å². The number of benzene rings is 2. The smallest absolute Gasteiger partial charge is 0.411 e. The molecule has 2 heterocycles. The van der Waals surface area contributed by atoms with Gasteiger partial charge in [-0.15, -0.1) is 0 Å². The zero-order chi connectivity index (χ0) is 21.6. The van der Waals surface area contributed by atoms with Gasteiger partial charge in [0.1, 0.15) is 0 Å². The second kappa shape index (κ2) is 10.2. The van der Waals surface area contributed by atoms with E-state index in [1.807, 2.05) is 42.5 Å². The standard InChI is InChI=1S/C23H25IN4O3/c24-19-4-2-16(3-5-19)22(29)17-8-11-28(12-9-17)10-1-13-31-23(30)26-20-6-7-21-18(14-20)15-25-27-21/h2-7,14-15,17H,1,8-13H2,(H,25,27)(H,26,30). The van der Waals surface area contributed by atoms with Crippen molar-refractivity contribution in [3.63, 3.8) is 0 Å². The van der Waals surface area contributed by atoms with Crippen LogP contribution < -0.4 is 5.32 Å². The summed E-state index contributed by atoms with van der Waals surface area (Å²) in [5.74, 6) is 0.357. The SMILES string of the molecule is O=C(Nc1ccc2[nH]ncc2c1)OCCCN1CCC(C(=O)c2ccc(I)cc2)CC1. The van der Waals surface area contributed by atoms with Gasteiger partial charge in [-0.05, 0) is 85.3 Å². The van der Waals surface area contributed by atoms with Crippen molar-refractivity contribution in [2.24, 2.45) is 5.92 Å². The first-order valence-electron chi connectivity index (χ1n) is 10.5. The number of H-pyrrole nitrogens is 1. The number of amides is 1. The number of likely N-dealkylation sites (tertiary alicyclic amines) is 1. The fourth-order valence-corrected chi connectivity index (χ4v) is 4.26. The summed E-state index contributed by atoms with van der Waals surface area (Å²) in [4.78, 5) is 27.0. The van der Waals surface area contributed by atoms with Gasteiger partial charge in [-0.3, -0.25) is 15.2 Å². The molecule has 3 aromatic rings. The topological polar surface area (TPSA) is 87.3 Å². The quantitative estimate of drug-likeness (QED) is 0.262. The molecule has 0 bridgehead atoms. The Bertz CT molecular complexity index is 1040. The van der Waals surface area contributed by atoms with Gasteiger partial charge in [-0.2, -0.15) is 5.10 Å². The van der Waals surface area contributed by atoms with E-state index < -0.39 is 6.09 Å². The number of piperidine rings is 1. The Labute approximate surface area is 194 Å². The molecule has 1 amide bonds. The van der Waals surface area contributed by atoms with E-state index in [1.165, 1.54) is 0 Å². The second-order valence-electron chi connectivity index (χ2n) is 7.77. The van der Waals surface area contributed by atoms with Crippen LogP contribution in [0, 0.1) is 9.49 Å². The van der Waals surface area contributed by atoms with Crippen LogP contribution in [-0.4, -0.2) is 53.2 Å². The lowest BCUT2D eigenvalue weighted by Gasteiger charge is -2.31. The number of rotatable bonds is 7. The summed E-state index contributed by atoms with van der Waals surface area (Å²) in [5.41, 5.74) is 2.41. The number of Topliss-reactive ketones (excluding diaryl/α,β-unsaturated/α-hetero) is 1. The number of hydrogen-bond acceptors (Lipinski definition) is 5. The third-order valence-electron chi connectivity index (χ3n) is 5.63. The molecule has 0 spiro atoms. The lowest BCUT2D eigenvalue weighted by atomic mass is 9.89. The minimum Gasteiger partial charge on any atom is -0.449 e. The molecule has 162 valence electrons. The third kappa shape index (κ3) is 5.82. The van der Waals surface area contributed by atoms with Crippen LogP contribution in [0.15, 0.2) is 48.7 Å². The van der Waals surface area contributed by atoms with E-state index in [9.17, 15) is 9.59 Å². The van der Waals surface area contributed by atoms with Gasteiger partial charge in [0.05, 0.1) is 18.3 Å². The molecule has 1 saturated heterocycles. The van der Waals surface area contributed by atoms with E-state index in [4.69, 9.17) is 4.74 Å². The van der Waals surface area contributed by atoms with Crippen LogP contribution in [0.1, 0.15) is 29.6 Å². The number of ketones is 1. The predicted octanol–water partition coefficient (Wildman–Crippen LogP) is 4.70. The van der Waals surface area contributed by atoms with E-state index in [0.717, 1.165) is 58.9 Å². The maximum absolute atomic E-state index is 12.7. The number of nitrogens with zero attached hydrogens (tertiary/aromatic N) is 2. The van der Waals surface area contributed by atoms with Crippen LogP contribution in [0.4, 0.5) is 10.5 Å². The van der Waals surface area contributed by atoms with Crippen molar-refractivity contribution in [2.45, 2.75) is 19.3 Å². The minimum atomic E-state index is -0.454. The van der Waals surface area contributed by atoms with Gasteiger partial charge in [-0.25, -0.2) is 4.79 Å². The van der Waals surface area contributed by atoms with E-state index in [0.29, 0.717) is 12.3 Å². The summed E-state index contributed by atoms with van der Waals surface area (Å²) < 4.78 is 6.44. The number of carbonyl (C=O) groups is 2. The Morgan fingerprint density at radius 2 is 1.94 bits per heavy atom. The van der Waals surface area contributed by atoms with Gasteiger partial charge in [0, 0.05) is 32.7 Å². The molecule has 0 aliphatic carbocycles. The summed E-state index contributed by atoms with van der Waals surface area (Å²) in [7, 11) is 0. The fraction of sp³-hybridized carbons (Fsp3) is 0.348. The molecule has 1 aromatic heterocycles. The fourth-order valence-electron chi connectivity index (χ4n) is 3.90. The highest BCUT2D eigenvalue weighted by Crippen LogP contribution is 2.22. The second-order valence-corrected chi connectivity index (χ2v) is 9.02. The Morgan fingerprint density at radius 3 is 2.71 bits per heavy atom. The highest BCUT2D eigenvalue weighted by Gasteiger charge is 2.25. The molecule has 2 aromatic carbocycles. The largest absolute Gasteiger partial charge is 0.449 e. The number of halogens is 1. The number of fused-ring (bicyclic) bond motifs is 1. The molecule has 1 fully saturated rings. The van der Waals surface area contributed by atoms with Crippen LogP contribution in [0.2, 0.25) is 0 Å². The van der Waals surface area contributed by atoms with Crippen molar-refractivity contribution >= 4 is 51.1 Å². The van der Waals surface area contributed by atoms with Crippen molar-refractivity contribution in [1.29, 1.82) is 0 Å². The molecule has 1 aliphatic rings. The number of aromatic amines is 1. The van der Waals surface area contributed by atoms with Crippen LogP contribution in [-0.2, 0) is 4.74 Å². The first-order chi connectivity index (χ1) is 15.1. The Hall–Kier alpha value is -2.46. The number of carbonyl (C=O) groups excluding carboxylic acids is 2. The van der Waals surface area contributed by atoms with E-state index in [1.54, 1.807) is 6.20 Å². The number of ether oxygens (including phenoxy) is 1. The summed E-state index contributed by atoms with van der Waals surface area (Å²) in [6, 6.07) is 13.3. The predicted molar refractivity (Wildman–Crippen MR) is 128 cm³/mol. The average Bonchev–Trinajstić information content (AvgIpc) is 3.25. The number of anilines is 1. The van der Waals surface area contributed by atoms with Crippen molar-refractivity contribution in [3.8, 4) is 0 Å². The summed E-state index contributed by atoms with van der Waals surface area (Å²) in [5, 5.41) is 10.5.